The Bertz CT molecular complexity index is 1530. The number of oxazole rings is 1. The summed E-state index contributed by atoms with van der Waals surface area (Å²) in [5.74, 6) is -1.41. The van der Waals surface area contributed by atoms with Crippen LogP contribution in [0.5, 0.6) is 5.75 Å². The van der Waals surface area contributed by atoms with Gasteiger partial charge in [0.05, 0.1) is 19.8 Å². The number of benzene rings is 1. The summed E-state index contributed by atoms with van der Waals surface area (Å²) in [7, 11) is 1.31. The van der Waals surface area contributed by atoms with Gasteiger partial charge in [0.15, 0.2) is 11.5 Å². The monoisotopic (exact) mass is 589 g/mol. The SMILES string of the molecule is CCOC(=O)[C@@H]1CC(NC(=O)C2CC2)CN1C(=O)c1nc(-c2ccc(OC)c3nc(C(F)(F)F)ccc23)oc1[C@H](C)N. The normalized spacial score (nSPS) is 19.5. The molecule has 14 heteroatoms. The minimum Gasteiger partial charge on any atom is -0.494 e. The van der Waals surface area contributed by atoms with Crippen molar-refractivity contribution in [3.05, 3.63) is 41.4 Å². The van der Waals surface area contributed by atoms with Crippen molar-refractivity contribution in [1.82, 2.24) is 20.2 Å². The second-order valence-electron chi connectivity index (χ2n) is 10.4. The number of hydrogen-bond donors (Lipinski definition) is 2. The van der Waals surface area contributed by atoms with E-state index in [1.807, 2.05) is 0 Å². The highest BCUT2D eigenvalue weighted by Crippen LogP contribution is 2.38. The number of nitrogens with zero attached hydrogens (tertiary/aromatic N) is 3. The Hall–Kier alpha value is -4.20. The molecule has 42 heavy (non-hydrogen) atoms. The molecule has 0 radical (unpaired) electrons. The summed E-state index contributed by atoms with van der Waals surface area (Å²) in [6.45, 7) is 3.37. The Labute approximate surface area is 238 Å². The van der Waals surface area contributed by atoms with Gasteiger partial charge in [0.1, 0.15) is 23.0 Å². The van der Waals surface area contributed by atoms with Crippen molar-refractivity contribution in [3.63, 3.8) is 0 Å². The summed E-state index contributed by atoms with van der Waals surface area (Å²) in [6, 6.07) is 2.75. The van der Waals surface area contributed by atoms with E-state index in [-0.39, 0.29) is 71.0 Å². The number of amides is 2. The van der Waals surface area contributed by atoms with Gasteiger partial charge >= 0.3 is 12.1 Å². The maximum absolute atomic E-state index is 13.9. The zero-order valence-electron chi connectivity index (χ0n) is 23.2. The van der Waals surface area contributed by atoms with Crippen molar-refractivity contribution in [2.75, 3.05) is 20.3 Å². The van der Waals surface area contributed by atoms with Crippen LogP contribution in [-0.2, 0) is 20.5 Å². The molecule has 1 saturated carbocycles. The third kappa shape index (κ3) is 5.62. The van der Waals surface area contributed by atoms with Crippen LogP contribution in [0.2, 0.25) is 0 Å². The molecule has 2 aliphatic rings. The van der Waals surface area contributed by atoms with Gasteiger partial charge < -0.3 is 29.8 Å². The molecule has 1 aliphatic heterocycles. The van der Waals surface area contributed by atoms with Gasteiger partial charge in [-0.05, 0) is 51.0 Å². The Morgan fingerprint density at radius 2 is 1.93 bits per heavy atom. The fourth-order valence-electron chi connectivity index (χ4n) is 5.04. The lowest BCUT2D eigenvalue weighted by Gasteiger charge is -2.22. The lowest BCUT2D eigenvalue weighted by atomic mass is 10.1. The maximum atomic E-state index is 13.9. The first-order valence-corrected chi connectivity index (χ1v) is 13.5. The molecule has 0 bridgehead atoms. The molecule has 0 spiro atoms. The van der Waals surface area contributed by atoms with Gasteiger partial charge in [-0.2, -0.15) is 13.2 Å². The average molecular weight is 590 g/mol. The van der Waals surface area contributed by atoms with Gasteiger partial charge in [-0.1, -0.05) is 0 Å². The highest BCUT2D eigenvalue weighted by atomic mass is 19.4. The molecule has 2 fully saturated rings. The Morgan fingerprint density at radius 1 is 1.19 bits per heavy atom. The molecular formula is C28H30F3N5O6. The maximum Gasteiger partial charge on any atom is 0.433 e. The van der Waals surface area contributed by atoms with Gasteiger partial charge in [0, 0.05) is 35.9 Å². The summed E-state index contributed by atoms with van der Waals surface area (Å²) >= 11 is 0. The van der Waals surface area contributed by atoms with Crippen LogP contribution >= 0.6 is 0 Å². The van der Waals surface area contributed by atoms with Crippen LogP contribution in [0.25, 0.3) is 22.4 Å². The van der Waals surface area contributed by atoms with E-state index in [0.717, 1.165) is 18.9 Å². The highest BCUT2D eigenvalue weighted by molar-refractivity contribution is 5.99. The number of pyridine rings is 1. The number of alkyl halides is 3. The number of rotatable bonds is 8. The van der Waals surface area contributed by atoms with Crippen LogP contribution in [0.4, 0.5) is 13.2 Å². The first-order valence-electron chi connectivity index (χ1n) is 13.5. The van der Waals surface area contributed by atoms with Gasteiger partial charge in [-0.15, -0.1) is 0 Å². The average Bonchev–Trinajstić information content (AvgIpc) is 3.57. The van der Waals surface area contributed by atoms with Crippen molar-refractivity contribution in [2.45, 2.75) is 57.4 Å². The zero-order chi connectivity index (χ0) is 30.3. The van der Waals surface area contributed by atoms with Crippen molar-refractivity contribution in [1.29, 1.82) is 0 Å². The van der Waals surface area contributed by atoms with E-state index in [2.05, 4.69) is 15.3 Å². The second-order valence-corrected chi connectivity index (χ2v) is 10.4. The van der Waals surface area contributed by atoms with Crippen molar-refractivity contribution in [2.24, 2.45) is 11.7 Å². The molecule has 1 saturated heterocycles. The summed E-state index contributed by atoms with van der Waals surface area (Å²) < 4.78 is 56.5. The molecular weight excluding hydrogens is 559 g/mol. The van der Waals surface area contributed by atoms with Gasteiger partial charge in [0.2, 0.25) is 11.8 Å². The standard InChI is InChI=1S/C28H30F3N5O6/c1-4-41-27(39)18-11-15(33-24(37)14-5-6-14)12-36(18)26(38)22-23(13(2)32)42-25(35-22)17-7-9-19(40-3)21-16(17)8-10-20(34-21)28(29,30)31/h7-10,13-15,18H,4-6,11-12,32H2,1-3H3,(H,33,37)/t13-,15?,18-/m0/s1. The van der Waals surface area contributed by atoms with Crippen molar-refractivity contribution in [3.8, 4) is 17.2 Å². The van der Waals surface area contributed by atoms with Crippen LogP contribution in [0.1, 0.15) is 61.1 Å². The zero-order valence-corrected chi connectivity index (χ0v) is 23.2. The number of nitrogens with one attached hydrogen (secondary N) is 1. The van der Waals surface area contributed by atoms with E-state index in [1.165, 1.54) is 30.2 Å². The number of hydrogen-bond acceptors (Lipinski definition) is 9. The van der Waals surface area contributed by atoms with E-state index < -0.39 is 41.9 Å². The molecule has 11 nitrogen and oxygen atoms in total. The Balaban J connectivity index is 1.53. The Kier molecular flexibility index (Phi) is 7.84. The molecule has 1 unspecified atom stereocenters. The number of nitrogens with two attached hydrogens (primary N) is 1. The molecule has 3 atom stereocenters. The summed E-state index contributed by atoms with van der Waals surface area (Å²) in [4.78, 5) is 48.6. The molecule has 3 heterocycles. The highest BCUT2D eigenvalue weighted by Gasteiger charge is 2.44. The van der Waals surface area contributed by atoms with Gasteiger partial charge in [-0.25, -0.2) is 14.8 Å². The lowest BCUT2D eigenvalue weighted by Crippen LogP contribution is -2.43. The molecule has 5 rings (SSSR count). The molecule has 224 valence electrons. The topological polar surface area (TPSA) is 150 Å². The number of esters is 1. The minimum atomic E-state index is -4.68. The predicted molar refractivity (Wildman–Crippen MR) is 142 cm³/mol. The third-order valence-electron chi connectivity index (χ3n) is 7.25. The molecule has 1 aliphatic carbocycles. The fourth-order valence-corrected chi connectivity index (χ4v) is 5.04. The first kappa shape index (κ1) is 29.3. The summed E-state index contributed by atoms with van der Waals surface area (Å²) in [6.07, 6.45) is -2.91. The molecule has 3 N–H and O–H groups in total. The first-order chi connectivity index (χ1) is 19.9. The molecule has 3 aromatic rings. The van der Waals surface area contributed by atoms with Crippen LogP contribution in [0, 0.1) is 5.92 Å². The molecule has 2 aromatic heterocycles. The number of ether oxygens (including phenoxy) is 2. The van der Waals surface area contributed by atoms with Crippen LogP contribution in [0.3, 0.4) is 0 Å². The summed E-state index contributed by atoms with van der Waals surface area (Å²) in [5.41, 5.74) is 5.05. The third-order valence-corrected chi connectivity index (χ3v) is 7.25. The smallest absolute Gasteiger partial charge is 0.433 e. The quantitative estimate of drug-likeness (QED) is 0.376. The van der Waals surface area contributed by atoms with E-state index in [1.54, 1.807) is 13.8 Å². The number of fused-ring (bicyclic) bond motifs is 1. The van der Waals surface area contributed by atoms with Gasteiger partial charge in [-0.3, -0.25) is 9.59 Å². The summed E-state index contributed by atoms with van der Waals surface area (Å²) in [5, 5.41) is 3.15. The van der Waals surface area contributed by atoms with E-state index in [0.29, 0.717) is 0 Å². The van der Waals surface area contributed by atoms with Crippen LogP contribution in [0.15, 0.2) is 28.7 Å². The number of methoxy groups -OCH3 is 1. The van der Waals surface area contributed by atoms with Crippen molar-refractivity contribution >= 4 is 28.7 Å². The largest absolute Gasteiger partial charge is 0.494 e. The predicted octanol–water partition coefficient (Wildman–Crippen LogP) is 3.61. The second kappa shape index (κ2) is 11.2. The lowest BCUT2D eigenvalue weighted by molar-refractivity contribution is -0.147. The molecule has 1 aromatic carbocycles. The van der Waals surface area contributed by atoms with E-state index in [4.69, 9.17) is 19.6 Å². The van der Waals surface area contributed by atoms with Gasteiger partial charge in [0.25, 0.3) is 5.91 Å². The minimum absolute atomic E-state index is 0.0203. The van der Waals surface area contributed by atoms with Crippen LogP contribution in [-0.4, -0.2) is 65.0 Å². The number of carbonyl (C=O) groups excluding carboxylic acids is 3. The number of halogens is 3. The van der Waals surface area contributed by atoms with E-state index in [9.17, 15) is 27.6 Å². The van der Waals surface area contributed by atoms with Crippen LogP contribution < -0.4 is 15.8 Å². The molecule has 2 amide bonds. The van der Waals surface area contributed by atoms with Crippen molar-refractivity contribution < 1.29 is 41.4 Å². The number of carbonyl (C=O) groups is 3. The number of likely N-dealkylation sites (tertiary alicyclic amines) is 1. The number of aromatic nitrogens is 2. The fraction of sp³-hybridized carbons (Fsp3) is 0.464. The Morgan fingerprint density at radius 3 is 2.55 bits per heavy atom. The van der Waals surface area contributed by atoms with E-state index >= 15 is 0 Å².